The summed E-state index contributed by atoms with van der Waals surface area (Å²) in [6, 6.07) is 4.20. The molecule has 1 atom stereocenters. The molecule has 1 unspecified atom stereocenters. The van der Waals surface area contributed by atoms with Crippen LogP contribution in [0.4, 0.5) is 0 Å². The number of hydrogen-bond acceptors (Lipinski definition) is 5. The fourth-order valence-electron chi connectivity index (χ4n) is 2.92. The van der Waals surface area contributed by atoms with Gasteiger partial charge in [0, 0.05) is 32.2 Å². The molecule has 1 aromatic carbocycles. The van der Waals surface area contributed by atoms with Crippen molar-refractivity contribution in [1.29, 1.82) is 0 Å². The minimum Gasteiger partial charge on any atom is -0.489 e. The Morgan fingerprint density at radius 2 is 2.09 bits per heavy atom. The van der Waals surface area contributed by atoms with Crippen LogP contribution < -0.4 is 9.47 Å². The van der Waals surface area contributed by atoms with Crippen LogP contribution in [0, 0.1) is 0 Å². The number of ether oxygens (including phenoxy) is 3. The predicted octanol–water partition coefficient (Wildman–Crippen LogP) is 2.08. The van der Waals surface area contributed by atoms with Gasteiger partial charge in [0.2, 0.25) is 0 Å². The summed E-state index contributed by atoms with van der Waals surface area (Å²) in [7, 11) is 0. The summed E-state index contributed by atoms with van der Waals surface area (Å²) in [6.07, 6.45) is 1.58. The van der Waals surface area contributed by atoms with Crippen molar-refractivity contribution < 1.29 is 19.3 Å². The van der Waals surface area contributed by atoms with Crippen LogP contribution in [0.2, 0.25) is 5.02 Å². The molecule has 0 aromatic heterocycles. The summed E-state index contributed by atoms with van der Waals surface area (Å²) in [6.45, 7) is 4.47. The summed E-state index contributed by atoms with van der Waals surface area (Å²) in [5, 5.41) is 9.79. The van der Waals surface area contributed by atoms with Gasteiger partial charge in [0.15, 0.2) is 11.5 Å². The van der Waals surface area contributed by atoms with E-state index in [0.29, 0.717) is 30.6 Å². The SMILES string of the molecule is OCCC1COCCN1Cc1cc(Cl)c2c(c1)OCCCO2. The number of nitrogens with zero attached hydrogens (tertiary/aromatic N) is 1. The van der Waals surface area contributed by atoms with E-state index >= 15 is 0 Å². The molecular weight excluding hydrogens is 306 g/mol. The molecular formula is C16H22ClNO4. The molecule has 0 saturated carbocycles. The highest BCUT2D eigenvalue weighted by Crippen LogP contribution is 2.38. The maximum atomic E-state index is 9.20. The van der Waals surface area contributed by atoms with E-state index in [4.69, 9.17) is 25.8 Å². The smallest absolute Gasteiger partial charge is 0.179 e. The van der Waals surface area contributed by atoms with E-state index in [1.807, 2.05) is 12.1 Å². The van der Waals surface area contributed by atoms with Gasteiger partial charge in [0.25, 0.3) is 0 Å². The molecule has 22 heavy (non-hydrogen) atoms. The lowest BCUT2D eigenvalue weighted by Crippen LogP contribution is -2.45. The standard InChI is InChI=1S/C16H22ClNO4/c17-14-8-12(9-15-16(14)22-6-1-5-21-15)10-18-3-7-20-11-13(18)2-4-19/h8-9,13,19H,1-7,10-11H2. The van der Waals surface area contributed by atoms with Crippen molar-refractivity contribution in [2.24, 2.45) is 0 Å². The van der Waals surface area contributed by atoms with Crippen molar-refractivity contribution in [2.75, 3.05) is 39.6 Å². The maximum Gasteiger partial charge on any atom is 0.179 e. The van der Waals surface area contributed by atoms with Crippen molar-refractivity contribution >= 4 is 11.6 Å². The lowest BCUT2D eigenvalue weighted by molar-refractivity contribution is -0.0195. The average molecular weight is 328 g/mol. The number of morpholine rings is 1. The first kappa shape index (κ1) is 15.9. The van der Waals surface area contributed by atoms with Crippen molar-refractivity contribution in [3.8, 4) is 11.5 Å². The second-order valence-corrected chi connectivity index (χ2v) is 6.07. The number of aliphatic hydroxyl groups excluding tert-OH is 1. The molecule has 1 saturated heterocycles. The number of fused-ring (bicyclic) bond motifs is 1. The van der Waals surface area contributed by atoms with Crippen LogP contribution in [-0.4, -0.2) is 55.6 Å². The van der Waals surface area contributed by atoms with Gasteiger partial charge < -0.3 is 19.3 Å². The first-order valence-corrected chi connectivity index (χ1v) is 8.16. The lowest BCUT2D eigenvalue weighted by Gasteiger charge is -2.35. The van der Waals surface area contributed by atoms with Gasteiger partial charge in [0.05, 0.1) is 31.5 Å². The lowest BCUT2D eigenvalue weighted by atomic mass is 10.1. The zero-order valence-corrected chi connectivity index (χ0v) is 13.3. The molecule has 2 aliphatic rings. The third kappa shape index (κ3) is 3.66. The molecule has 2 heterocycles. The molecule has 1 fully saturated rings. The Kier molecular flexibility index (Phi) is 5.41. The van der Waals surface area contributed by atoms with Crippen LogP contribution in [0.1, 0.15) is 18.4 Å². The third-order valence-corrected chi connectivity index (χ3v) is 4.34. The summed E-state index contributed by atoms with van der Waals surface area (Å²) in [5.41, 5.74) is 1.10. The molecule has 3 rings (SSSR count). The zero-order chi connectivity index (χ0) is 15.4. The van der Waals surface area contributed by atoms with E-state index in [0.717, 1.165) is 43.9 Å². The Balaban J connectivity index is 1.76. The normalized spacial score (nSPS) is 22.4. The van der Waals surface area contributed by atoms with E-state index in [2.05, 4.69) is 4.90 Å². The Morgan fingerprint density at radius 1 is 1.23 bits per heavy atom. The molecule has 0 amide bonds. The van der Waals surface area contributed by atoms with Crippen LogP contribution >= 0.6 is 11.6 Å². The topological polar surface area (TPSA) is 51.2 Å². The maximum absolute atomic E-state index is 9.20. The molecule has 122 valence electrons. The minimum absolute atomic E-state index is 0.173. The van der Waals surface area contributed by atoms with Crippen molar-refractivity contribution in [1.82, 2.24) is 4.90 Å². The highest BCUT2D eigenvalue weighted by molar-refractivity contribution is 6.32. The second-order valence-electron chi connectivity index (χ2n) is 5.67. The number of aliphatic hydroxyl groups is 1. The Hall–Kier alpha value is -1.01. The number of benzene rings is 1. The van der Waals surface area contributed by atoms with Gasteiger partial charge in [-0.25, -0.2) is 0 Å². The Labute approximate surface area is 135 Å². The van der Waals surface area contributed by atoms with Crippen molar-refractivity contribution in [3.05, 3.63) is 22.7 Å². The van der Waals surface area contributed by atoms with Crippen LogP contribution in [0.25, 0.3) is 0 Å². The fourth-order valence-corrected chi connectivity index (χ4v) is 3.21. The van der Waals surface area contributed by atoms with Gasteiger partial charge in [-0.3, -0.25) is 4.90 Å². The average Bonchev–Trinajstić information content (AvgIpc) is 2.75. The largest absolute Gasteiger partial charge is 0.489 e. The summed E-state index contributed by atoms with van der Waals surface area (Å²) in [4.78, 5) is 2.33. The highest BCUT2D eigenvalue weighted by Gasteiger charge is 2.24. The summed E-state index contributed by atoms with van der Waals surface area (Å²) >= 11 is 6.35. The molecule has 1 N–H and O–H groups in total. The monoisotopic (exact) mass is 327 g/mol. The quantitative estimate of drug-likeness (QED) is 0.917. The Morgan fingerprint density at radius 3 is 2.95 bits per heavy atom. The van der Waals surface area contributed by atoms with Gasteiger partial charge in [-0.05, 0) is 24.1 Å². The zero-order valence-electron chi connectivity index (χ0n) is 12.6. The molecule has 0 spiro atoms. The van der Waals surface area contributed by atoms with Crippen molar-refractivity contribution in [3.63, 3.8) is 0 Å². The van der Waals surface area contributed by atoms with Crippen LogP contribution in [-0.2, 0) is 11.3 Å². The number of halogens is 1. The van der Waals surface area contributed by atoms with Crippen LogP contribution in [0.15, 0.2) is 12.1 Å². The predicted molar refractivity (Wildman–Crippen MR) is 83.8 cm³/mol. The van der Waals surface area contributed by atoms with E-state index in [-0.39, 0.29) is 12.6 Å². The van der Waals surface area contributed by atoms with E-state index in [1.54, 1.807) is 0 Å². The van der Waals surface area contributed by atoms with E-state index < -0.39 is 0 Å². The molecule has 1 aromatic rings. The van der Waals surface area contributed by atoms with E-state index in [1.165, 1.54) is 0 Å². The number of hydrogen-bond donors (Lipinski definition) is 1. The van der Waals surface area contributed by atoms with Gasteiger partial charge >= 0.3 is 0 Å². The minimum atomic E-state index is 0.173. The molecule has 0 bridgehead atoms. The number of rotatable bonds is 4. The first-order chi connectivity index (χ1) is 10.8. The third-order valence-electron chi connectivity index (χ3n) is 4.06. The Bertz CT molecular complexity index is 509. The van der Waals surface area contributed by atoms with Gasteiger partial charge in [0.1, 0.15) is 0 Å². The molecule has 6 heteroatoms. The van der Waals surface area contributed by atoms with Gasteiger partial charge in [-0.2, -0.15) is 0 Å². The van der Waals surface area contributed by atoms with Gasteiger partial charge in [-0.15, -0.1) is 0 Å². The molecule has 0 radical (unpaired) electrons. The van der Waals surface area contributed by atoms with Crippen LogP contribution in [0.3, 0.4) is 0 Å². The fraction of sp³-hybridized carbons (Fsp3) is 0.625. The van der Waals surface area contributed by atoms with Crippen molar-refractivity contribution in [2.45, 2.75) is 25.4 Å². The second kappa shape index (κ2) is 7.51. The van der Waals surface area contributed by atoms with Gasteiger partial charge in [-0.1, -0.05) is 11.6 Å². The highest BCUT2D eigenvalue weighted by atomic mass is 35.5. The molecule has 2 aliphatic heterocycles. The molecule has 5 nitrogen and oxygen atoms in total. The first-order valence-electron chi connectivity index (χ1n) is 7.78. The molecule has 0 aliphatic carbocycles. The van der Waals surface area contributed by atoms with Crippen LogP contribution in [0.5, 0.6) is 11.5 Å². The summed E-state index contributed by atoms with van der Waals surface area (Å²) < 4.78 is 16.9. The van der Waals surface area contributed by atoms with E-state index in [9.17, 15) is 5.11 Å². The summed E-state index contributed by atoms with van der Waals surface area (Å²) in [5.74, 6) is 1.38.